The van der Waals surface area contributed by atoms with E-state index in [2.05, 4.69) is 29.2 Å². The lowest BCUT2D eigenvalue weighted by Gasteiger charge is -2.27. The molecule has 4 heteroatoms. The highest BCUT2D eigenvalue weighted by Gasteiger charge is 2.20. The van der Waals surface area contributed by atoms with Crippen molar-refractivity contribution in [1.29, 1.82) is 0 Å². The van der Waals surface area contributed by atoms with Crippen molar-refractivity contribution in [2.45, 2.75) is 33.0 Å². The van der Waals surface area contributed by atoms with E-state index in [1.807, 2.05) is 62.4 Å². The van der Waals surface area contributed by atoms with Gasteiger partial charge in [-0.25, -0.2) is 4.79 Å². The Morgan fingerprint density at radius 1 is 0.893 bits per heavy atom. The maximum Gasteiger partial charge on any atom is 0.340 e. The maximum atomic E-state index is 12.7. The summed E-state index contributed by atoms with van der Waals surface area (Å²) >= 11 is 0. The lowest BCUT2D eigenvalue weighted by atomic mass is 10.1. The number of benzene rings is 3. The average Bonchev–Trinajstić information content (AvgIpc) is 2.68. The number of carbonyl (C=O) groups is 1. The second kappa shape index (κ2) is 9.09. The molecule has 0 aromatic heterocycles. The van der Waals surface area contributed by atoms with Crippen LogP contribution in [0.1, 0.15) is 35.3 Å². The van der Waals surface area contributed by atoms with E-state index in [1.165, 1.54) is 11.1 Å². The smallest absolute Gasteiger partial charge is 0.340 e. The van der Waals surface area contributed by atoms with Crippen molar-refractivity contribution in [2.24, 2.45) is 0 Å². The summed E-state index contributed by atoms with van der Waals surface area (Å²) in [5.41, 5.74) is 10.1. The van der Waals surface area contributed by atoms with Gasteiger partial charge in [-0.3, -0.25) is 0 Å². The molecule has 0 bridgehead atoms. The van der Waals surface area contributed by atoms with Crippen LogP contribution in [-0.2, 0) is 17.8 Å². The van der Waals surface area contributed by atoms with Gasteiger partial charge in [-0.05, 0) is 43.2 Å². The summed E-state index contributed by atoms with van der Waals surface area (Å²) in [4.78, 5) is 14.9. The van der Waals surface area contributed by atoms with Crippen LogP contribution in [0.25, 0.3) is 0 Å². The zero-order valence-electron chi connectivity index (χ0n) is 16.3. The van der Waals surface area contributed by atoms with Gasteiger partial charge in [0, 0.05) is 18.8 Å². The molecule has 0 heterocycles. The van der Waals surface area contributed by atoms with Crippen molar-refractivity contribution >= 4 is 17.3 Å². The van der Waals surface area contributed by atoms with Gasteiger partial charge in [0.2, 0.25) is 0 Å². The lowest BCUT2D eigenvalue weighted by Crippen LogP contribution is -2.25. The molecular formula is C24H26N2O2. The second-order valence-electron chi connectivity index (χ2n) is 7.06. The number of carbonyl (C=O) groups excluding carboxylic acids is 1. The van der Waals surface area contributed by atoms with Crippen molar-refractivity contribution in [2.75, 3.05) is 10.6 Å². The summed E-state index contributed by atoms with van der Waals surface area (Å²) in [7, 11) is 0. The predicted octanol–water partition coefficient (Wildman–Crippen LogP) is 5.04. The molecule has 2 N–H and O–H groups in total. The van der Waals surface area contributed by atoms with Crippen LogP contribution >= 0.6 is 0 Å². The molecule has 3 aromatic carbocycles. The minimum Gasteiger partial charge on any atom is -0.459 e. The monoisotopic (exact) mass is 374 g/mol. The maximum absolute atomic E-state index is 12.7. The Hall–Kier alpha value is -3.27. The van der Waals surface area contributed by atoms with Gasteiger partial charge in [0.15, 0.2) is 0 Å². The molecule has 0 atom stereocenters. The Labute approximate surface area is 166 Å². The fourth-order valence-electron chi connectivity index (χ4n) is 3.10. The summed E-state index contributed by atoms with van der Waals surface area (Å²) in [6, 6.07) is 25.8. The number of nitrogens with two attached hydrogens (primary N) is 1. The number of nitrogen functional groups attached to an aromatic ring is 1. The molecule has 0 fully saturated rings. The van der Waals surface area contributed by atoms with E-state index < -0.39 is 0 Å². The predicted molar refractivity (Wildman–Crippen MR) is 114 cm³/mol. The van der Waals surface area contributed by atoms with E-state index in [4.69, 9.17) is 10.5 Å². The molecule has 0 saturated heterocycles. The third kappa shape index (κ3) is 5.13. The number of hydrogen-bond donors (Lipinski definition) is 1. The minimum absolute atomic E-state index is 0.196. The Balaban J connectivity index is 2.00. The molecule has 144 valence electrons. The van der Waals surface area contributed by atoms with Crippen LogP contribution < -0.4 is 10.6 Å². The van der Waals surface area contributed by atoms with Gasteiger partial charge in [0.05, 0.1) is 17.4 Å². The zero-order chi connectivity index (χ0) is 19.9. The fourth-order valence-corrected chi connectivity index (χ4v) is 3.10. The molecule has 0 unspecified atom stereocenters. The summed E-state index contributed by atoms with van der Waals surface area (Å²) in [6.45, 7) is 5.02. The van der Waals surface area contributed by atoms with E-state index >= 15 is 0 Å². The van der Waals surface area contributed by atoms with Crippen LogP contribution in [0.5, 0.6) is 0 Å². The summed E-state index contributed by atoms with van der Waals surface area (Å²) < 4.78 is 5.46. The van der Waals surface area contributed by atoms with E-state index in [0.29, 0.717) is 24.3 Å². The molecule has 0 radical (unpaired) electrons. The van der Waals surface area contributed by atoms with Crippen LogP contribution in [0.2, 0.25) is 0 Å². The minimum atomic E-state index is -0.358. The van der Waals surface area contributed by atoms with Crippen molar-refractivity contribution in [1.82, 2.24) is 0 Å². The standard InChI is InChI=1S/C24H26N2O2/c1-18(2)28-24(27)22-15-21(25)13-14-23(22)26(16-19-9-5-3-6-10-19)17-20-11-7-4-8-12-20/h3-15,18H,16-17,25H2,1-2H3. The van der Waals surface area contributed by atoms with Gasteiger partial charge in [-0.1, -0.05) is 60.7 Å². The first-order chi connectivity index (χ1) is 13.5. The zero-order valence-corrected chi connectivity index (χ0v) is 16.3. The first-order valence-electron chi connectivity index (χ1n) is 9.46. The summed E-state index contributed by atoms with van der Waals surface area (Å²) in [5.74, 6) is -0.358. The Kier molecular flexibility index (Phi) is 6.33. The molecule has 0 amide bonds. The Morgan fingerprint density at radius 2 is 1.43 bits per heavy atom. The summed E-state index contributed by atoms with van der Waals surface area (Å²) in [5, 5.41) is 0. The third-order valence-electron chi connectivity index (χ3n) is 4.36. The average molecular weight is 374 g/mol. The third-order valence-corrected chi connectivity index (χ3v) is 4.36. The summed E-state index contributed by atoms with van der Waals surface area (Å²) in [6.07, 6.45) is -0.196. The highest BCUT2D eigenvalue weighted by atomic mass is 16.5. The van der Waals surface area contributed by atoms with E-state index in [1.54, 1.807) is 6.07 Å². The second-order valence-corrected chi connectivity index (χ2v) is 7.06. The number of ether oxygens (including phenoxy) is 1. The highest BCUT2D eigenvalue weighted by Crippen LogP contribution is 2.28. The Bertz CT molecular complexity index is 867. The largest absolute Gasteiger partial charge is 0.459 e. The number of hydrogen-bond acceptors (Lipinski definition) is 4. The van der Waals surface area contributed by atoms with Gasteiger partial charge in [-0.2, -0.15) is 0 Å². The normalized spacial score (nSPS) is 10.7. The molecule has 0 aliphatic heterocycles. The molecule has 4 nitrogen and oxygen atoms in total. The number of anilines is 2. The fraction of sp³-hybridized carbons (Fsp3) is 0.208. The number of esters is 1. The van der Waals surface area contributed by atoms with E-state index in [9.17, 15) is 4.79 Å². The van der Waals surface area contributed by atoms with Gasteiger partial charge >= 0.3 is 5.97 Å². The van der Waals surface area contributed by atoms with Gasteiger partial charge in [-0.15, -0.1) is 0 Å². The number of nitrogens with zero attached hydrogens (tertiary/aromatic N) is 1. The van der Waals surface area contributed by atoms with Gasteiger partial charge < -0.3 is 15.4 Å². The van der Waals surface area contributed by atoms with E-state index in [0.717, 1.165) is 5.69 Å². The van der Waals surface area contributed by atoms with Crippen molar-refractivity contribution < 1.29 is 9.53 Å². The number of rotatable bonds is 7. The molecule has 0 aliphatic rings. The molecule has 0 spiro atoms. The van der Waals surface area contributed by atoms with Crippen LogP contribution in [0.4, 0.5) is 11.4 Å². The molecule has 28 heavy (non-hydrogen) atoms. The van der Waals surface area contributed by atoms with Crippen molar-refractivity contribution in [3.63, 3.8) is 0 Å². The first kappa shape index (κ1) is 19.5. The van der Waals surface area contributed by atoms with E-state index in [-0.39, 0.29) is 12.1 Å². The molecule has 0 aliphatic carbocycles. The van der Waals surface area contributed by atoms with Crippen LogP contribution in [0, 0.1) is 0 Å². The molecule has 0 saturated carbocycles. The topological polar surface area (TPSA) is 55.6 Å². The lowest BCUT2D eigenvalue weighted by molar-refractivity contribution is 0.0378. The first-order valence-corrected chi connectivity index (χ1v) is 9.46. The van der Waals surface area contributed by atoms with Gasteiger partial charge in [0.1, 0.15) is 0 Å². The SMILES string of the molecule is CC(C)OC(=O)c1cc(N)ccc1N(Cc1ccccc1)Cc1ccccc1. The van der Waals surface area contributed by atoms with Crippen LogP contribution in [0.15, 0.2) is 78.9 Å². The highest BCUT2D eigenvalue weighted by molar-refractivity contribution is 5.97. The Morgan fingerprint density at radius 3 is 1.93 bits per heavy atom. The molecular weight excluding hydrogens is 348 g/mol. The quantitative estimate of drug-likeness (QED) is 0.465. The van der Waals surface area contributed by atoms with Gasteiger partial charge in [0.25, 0.3) is 0 Å². The van der Waals surface area contributed by atoms with Crippen molar-refractivity contribution in [3.8, 4) is 0 Å². The van der Waals surface area contributed by atoms with Crippen LogP contribution in [0.3, 0.4) is 0 Å². The van der Waals surface area contributed by atoms with Crippen LogP contribution in [-0.4, -0.2) is 12.1 Å². The molecule has 3 aromatic rings. The molecule has 3 rings (SSSR count). The van der Waals surface area contributed by atoms with Crippen molar-refractivity contribution in [3.05, 3.63) is 95.6 Å².